The van der Waals surface area contributed by atoms with Gasteiger partial charge in [0.25, 0.3) is 0 Å². The van der Waals surface area contributed by atoms with Crippen LogP contribution in [0, 0.1) is 19.8 Å². The van der Waals surface area contributed by atoms with Crippen molar-refractivity contribution in [3.05, 3.63) is 71.5 Å². The summed E-state index contributed by atoms with van der Waals surface area (Å²) in [7, 11) is 0. The molecule has 0 fully saturated rings. The van der Waals surface area contributed by atoms with Gasteiger partial charge in [-0.05, 0) is 50.5 Å². The third-order valence-electron chi connectivity index (χ3n) is 5.39. The molecule has 6 heteroatoms. The Morgan fingerprint density at radius 2 is 1.86 bits per heavy atom. The summed E-state index contributed by atoms with van der Waals surface area (Å²) >= 11 is 0. The summed E-state index contributed by atoms with van der Waals surface area (Å²) in [5.74, 6) is -0.305. The van der Waals surface area contributed by atoms with Gasteiger partial charge < -0.3 is 10.6 Å². The van der Waals surface area contributed by atoms with Crippen molar-refractivity contribution in [2.24, 2.45) is 5.92 Å². The molecule has 1 atom stereocenters. The minimum absolute atomic E-state index is 0.0132. The Hall–Kier alpha value is -3.41. The van der Waals surface area contributed by atoms with Crippen LogP contribution < -0.4 is 10.6 Å². The van der Waals surface area contributed by atoms with Crippen molar-refractivity contribution in [3.8, 4) is 5.69 Å². The number of amides is 2. The molecule has 1 aromatic heterocycles. The van der Waals surface area contributed by atoms with E-state index in [-0.39, 0.29) is 24.2 Å². The first-order chi connectivity index (χ1) is 14.0. The maximum Gasteiger partial charge on any atom is 0.227 e. The molecular formula is C23H24N4O2. The Labute approximate surface area is 169 Å². The summed E-state index contributed by atoms with van der Waals surface area (Å²) in [4.78, 5) is 24.9. The number of aromatic nitrogens is 2. The van der Waals surface area contributed by atoms with Gasteiger partial charge in [-0.15, -0.1) is 0 Å². The van der Waals surface area contributed by atoms with E-state index in [0.717, 1.165) is 34.0 Å². The van der Waals surface area contributed by atoms with Crippen molar-refractivity contribution in [1.29, 1.82) is 0 Å². The lowest BCUT2D eigenvalue weighted by molar-refractivity contribution is -0.121. The fourth-order valence-electron chi connectivity index (χ4n) is 3.80. The number of hydrogen-bond donors (Lipinski definition) is 2. The number of nitrogens with zero attached hydrogens (tertiary/aromatic N) is 2. The third-order valence-corrected chi connectivity index (χ3v) is 5.39. The van der Waals surface area contributed by atoms with E-state index in [2.05, 4.69) is 15.7 Å². The van der Waals surface area contributed by atoms with E-state index in [9.17, 15) is 9.59 Å². The van der Waals surface area contributed by atoms with E-state index < -0.39 is 0 Å². The molecule has 2 aromatic carbocycles. The van der Waals surface area contributed by atoms with Gasteiger partial charge in [0.2, 0.25) is 11.8 Å². The van der Waals surface area contributed by atoms with Crippen LogP contribution in [0.4, 0.5) is 11.4 Å². The zero-order valence-electron chi connectivity index (χ0n) is 16.6. The number of carbonyl (C=O) groups excluding carboxylic acids is 2. The minimum atomic E-state index is -0.190. The predicted octanol–water partition coefficient (Wildman–Crippen LogP) is 4.02. The van der Waals surface area contributed by atoms with Crippen molar-refractivity contribution >= 4 is 23.2 Å². The van der Waals surface area contributed by atoms with Gasteiger partial charge in [-0.25, -0.2) is 4.68 Å². The lowest BCUT2D eigenvalue weighted by Gasteiger charge is -2.24. The first-order valence-electron chi connectivity index (χ1n) is 9.83. The van der Waals surface area contributed by atoms with Crippen LogP contribution in [0.15, 0.2) is 54.6 Å². The SMILES string of the molecule is Cc1nn(-c2ccccc2)c(C)c1NC(=O)CC[C@@H]1Cc2ccccc2NC1=O. The quantitative estimate of drug-likeness (QED) is 0.693. The molecular weight excluding hydrogens is 364 g/mol. The summed E-state index contributed by atoms with van der Waals surface area (Å²) in [6, 6.07) is 17.6. The molecule has 3 aromatic rings. The molecule has 0 aliphatic carbocycles. The molecule has 0 spiro atoms. The summed E-state index contributed by atoms with van der Waals surface area (Å²) in [6.45, 7) is 3.82. The van der Waals surface area contributed by atoms with Gasteiger partial charge in [-0.2, -0.15) is 5.10 Å². The highest BCUT2D eigenvalue weighted by Gasteiger charge is 2.26. The third kappa shape index (κ3) is 3.92. The molecule has 6 nitrogen and oxygen atoms in total. The number of para-hydroxylation sites is 2. The molecule has 29 heavy (non-hydrogen) atoms. The molecule has 0 unspecified atom stereocenters. The second kappa shape index (κ2) is 7.91. The van der Waals surface area contributed by atoms with Crippen molar-refractivity contribution < 1.29 is 9.59 Å². The Kier molecular flexibility index (Phi) is 5.16. The molecule has 148 valence electrons. The van der Waals surface area contributed by atoms with E-state index >= 15 is 0 Å². The first kappa shape index (κ1) is 18.9. The summed E-state index contributed by atoms with van der Waals surface area (Å²) in [5.41, 5.74) is 5.32. The maximum atomic E-state index is 12.6. The number of benzene rings is 2. The fraction of sp³-hybridized carbons (Fsp3) is 0.261. The topological polar surface area (TPSA) is 76.0 Å². The largest absolute Gasteiger partial charge is 0.326 e. The standard InChI is InChI=1S/C23H24N4O2/c1-15-22(16(2)27(26-15)19-9-4-3-5-10-19)25-21(28)13-12-18-14-17-8-6-7-11-20(17)24-23(18)29/h3-11,18H,12-14H2,1-2H3,(H,24,29)(H,25,28)/t18-/m1/s1. The van der Waals surface area contributed by atoms with Crippen molar-refractivity contribution in [2.45, 2.75) is 33.1 Å². The van der Waals surface area contributed by atoms with Gasteiger partial charge in [-0.1, -0.05) is 36.4 Å². The molecule has 0 saturated heterocycles. The van der Waals surface area contributed by atoms with Crippen LogP contribution in [-0.2, 0) is 16.0 Å². The van der Waals surface area contributed by atoms with Gasteiger partial charge in [0.05, 0.1) is 22.8 Å². The average Bonchev–Trinajstić information content (AvgIpc) is 3.01. The van der Waals surface area contributed by atoms with Crippen LogP contribution in [0.5, 0.6) is 0 Å². The zero-order chi connectivity index (χ0) is 20.4. The minimum Gasteiger partial charge on any atom is -0.326 e. The maximum absolute atomic E-state index is 12.6. The lowest BCUT2D eigenvalue weighted by atomic mass is 9.89. The molecule has 4 rings (SSSR count). The molecule has 2 N–H and O–H groups in total. The normalized spacial score (nSPS) is 15.5. The molecule has 1 aliphatic rings. The predicted molar refractivity (Wildman–Crippen MR) is 113 cm³/mol. The average molecular weight is 388 g/mol. The first-order valence-corrected chi connectivity index (χ1v) is 9.83. The Morgan fingerprint density at radius 1 is 1.14 bits per heavy atom. The van der Waals surface area contributed by atoms with Gasteiger partial charge in [0.15, 0.2) is 0 Å². The molecule has 0 radical (unpaired) electrons. The number of nitrogens with one attached hydrogen (secondary N) is 2. The van der Waals surface area contributed by atoms with E-state index in [4.69, 9.17) is 0 Å². The van der Waals surface area contributed by atoms with Crippen LogP contribution in [0.25, 0.3) is 5.69 Å². The van der Waals surface area contributed by atoms with Crippen LogP contribution in [0.3, 0.4) is 0 Å². The van der Waals surface area contributed by atoms with E-state index in [0.29, 0.717) is 12.8 Å². The monoisotopic (exact) mass is 388 g/mol. The van der Waals surface area contributed by atoms with Gasteiger partial charge in [-0.3, -0.25) is 9.59 Å². The molecule has 0 bridgehead atoms. The zero-order valence-corrected chi connectivity index (χ0v) is 16.6. The van der Waals surface area contributed by atoms with Crippen LogP contribution in [0.1, 0.15) is 29.8 Å². The molecule has 0 saturated carbocycles. The number of anilines is 2. The Morgan fingerprint density at radius 3 is 2.66 bits per heavy atom. The van der Waals surface area contributed by atoms with Crippen molar-refractivity contribution in [1.82, 2.24) is 9.78 Å². The molecule has 2 heterocycles. The summed E-state index contributed by atoms with van der Waals surface area (Å²) in [5, 5.41) is 10.5. The van der Waals surface area contributed by atoms with E-state index in [1.165, 1.54) is 0 Å². The highest BCUT2D eigenvalue weighted by Crippen LogP contribution is 2.28. The van der Waals surface area contributed by atoms with E-state index in [1.54, 1.807) is 0 Å². The fourth-order valence-corrected chi connectivity index (χ4v) is 3.80. The van der Waals surface area contributed by atoms with Crippen molar-refractivity contribution in [2.75, 3.05) is 10.6 Å². The van der Waals surface area contributed by atoms with Gasteiger partial charge >= 0.3 is 0 Å². The lowest BCUT2D eigenvalue weighted by Crippen LogP contribution is -2.30. The highest BCUT2D eigenvalue weighted by atomic mass is 16.2. The molecule has 2 amide bonds. The van der Waals surface area contributed by atoms with Crippen LogP contribution in [-0.4, -0.2) is 21.6 Å². The Bertz CT molecular complexity index is 1060. The summed E-state index contributed by atoms with van der Waals surface area (Å²) < 4.78 is 1.83. The number of carbonyl (C=O) groups is 2. The number of aryl methyl sites for hydroxylation is 1. The van der Waals surface area contributed by atoms with Crippen LogP contribution in [0.2, 0.25) is 0 Å². The Balaban J connectivity index is 1.41. The van der Waals surface area contributed by atoms with Gasteiger partial charge in [0.1, 0.15) is 0 Å². The summed E-state index contributed by atoms with van der Waals surface area (Å²) in [6.07, 6.45) is 1.46. The number of rotatable bonds is 5. The van der Waals surface area contributed by atoms with Gasteiger partial charge in [0, 0.05) is 18.0 Å². The highest BCUT2D eigenvalue weighted by molar-refractivity contribution is 5.96. The van der Waals surface area contributed by atoms with E-state index in [1.807, 2.05) is 73.1 Å². The number of hydrogen-bond acceptors (Lipinski definition) is 3. The van der Waals surface area contributed by atoms with Crippen LogP contribution >= 0.6 is 0 Å². The second-order valence-corrected chi connectivity index (χ2v) is 7.43. The number of fused-ring (bicyclic) bond motifs is 1. The van der Waals surface area contributed by atoms with Crippen molar-refractivity contribution in [3.63, 3.8) is 0 Å². The smallest absolute Gasteiger partial charge is 0.227 e. The second-order valence-electron chi connectivity index (χ2n) is 7.43. The molecule has 1 aliphatic heterocycles.